The van der Waals surface area contributed by atoms with Gasteiger partial charge in [-0.25, -0.2) is 0 Å². The van der Waals surface area contributed by atoms with Crippen LogP contribution in [0.4, 0.5) is 5.69 Å². The first-order valence-electron chi connectivity index (χ1n) is 8.10. The van der Waals surface area contributed by atoms with E-state index >= 15 is 0 Å². The summed E-state index contributed by atoms with van der Waals surface area (Å²) in [6.45, 7) is 2.45. The predicted octanol–water partition coefficient (Wildman–Crippen LogP) is 3.90. The normalized spacial score (nSPS) is 15.8. The highest BCUT2D eigenvalue weighted by Gasteiger charge is 2.23. The molecule has 1 atom stereocenters. The van der Waals surface area contributed by atoms with Crippen molar-refractivity contribution in [3.05, 3.63) is 59.2 Å². The van der Waals surface area contributed by atoms with Gasteiger partial charge in [-0.15, -0.1) is 12.4 Å². The number of aryl methyl sites for hydroxylation is 1. The van der Waals surface area contributed by atoms with Gasteiger partial charge in [0.15, 0.2) is 0 Å². The molecule has 24 heavy (non-hydrogen) atoms. The Labute approximate surface area is 148 Å². The zero-order valence-electron chi connectivity index (χ0n) is 13.7. The van der Waals surface area contributed by atoms with Crippen LogP contribution in [0, 0.1) is 0 Å². The Balaban J connectivity index is 0.00000208. The molecule has 2 aromatic rings. The highest BCUT2D eigenvalue weighted by atomic mass is 35.5. The third kappa shape index (κ3) is 3.82. The first-order valence-corrected chi connectivity index (χ1v) is 8.10. The third-order valence-electron chi connectivity index (χ3n) is 4.22. The summed E-state index contributed by atoms with van der Waals surface area (Å²) in [5.41, 5.74) is 9.63. The third-order valence-corrected chi connectivity index (χ3v) is 4.22. The lowest BCUT2D eigenvalue weighted by atomic mass is 9.87. The molecule has 128 valence electrons. The SMILES string of the molecule is CCOc1ccccc1C(=O)NC1CCCc2cc(N)ccc21.Cl. The molecule has 1 aliphatic rings. The number of rotatable bonds is 4. The van der Waals surface area contributed by atoms with E-state index in [4.69, 9.17) is 10.5 Å². The van der Waals surface area contributed by atoms with Crippen molar-refractivity contribution < 1.29 is 9.53 Å². The van der Waals surface area contributed by atoms with Crippen LogP contribution >= 0.6 is 12.4 Å². The van der Waals surface area contributed by atoms with E-state index in [1.807, 2.05) is 43.3 Å². The second-order valence-corrected chi connectivity index (χ2v) is 5.81. The van der Waals surface area contributed by atoms with Crippen molar-refractivity contribution in [2.75, 3.05) is 12.3 Å². The lowest BCUT2D eigenvalue weighted by molar-refractivity contribution is 0.0929. The molecular weight excluding hydrogens is 324 g/mol. The summed E-state index contributed by atoms with van der Waals surface area (Å²) in [7, 11) is 0. The maximum Gasteiger partial charge on any atom is 0.255 e. The van der Waals surface area contributed by atoms with Crippen LogP contribution in [0.2, 0.25) is 0 Å². The van der Waals surface area contributed by atoms with Crippen LogP contribution in [-0.4, -0.2) is 12.5 Å². The van der Waals surface area contributed by atoms with Gasteiger partial charge in [0.25, 0.3) is 5.91 Å². The Hall–Kier alpha value is -2.20. The fraction of sp³-hybridized carbons (Fsp3) is 0.316. The summed E-state index contributed by atoms with van der Waals surface area (Å²) in [6, 6.07) is 13.3. The number of amides is 1. The van der Waals surface area contributed by atoms with Crippen LogP contribution in [0.5, 0.6) is 5.75 Å². The first-order chi connectivity index (χ1) is 11.2. The molecule has 0 fully saturated rings. The van der Waals surface area contributed by atoms with Crippen molar-refractivity contribution in [1.82, 2.24) is 5.32 Å². The van der Waals surface area contributed by atoms with Crippen molar-refractivity contribution in [2.45, 2.75) is 32.2 Å². The lowest BCUT2D eigenvalue weighted by Gasteiger charge is -2.27. The summed E-state index contributed by atoms with van der Waals surface area (Å²) in [6.07, 6.45) is 3.01. The topological polar surface area (TPSA) is 64.3 Å². The number of anilines is 1. The van der Waals surface area contributed by atoms with Crippen molar-refractivity contribution in [1.29, 1.82) is 0 Å². The number of hydrogen-bond donors (Lipinski definition) is 2. The predicted molar refractivity (Wildman–Crippen MR) is 98.9 cm³/mol. The van der Waals surface area contributed by atoms with Crippen molar-refractivity contribution in [2.24, 2.45) is 0 Å². The summed E-state index contributed by atoms with van der Waals surface area (Å²) < 4.78 is 5.56. The van der Waals surface area contributed by atoms with Gasteiger partial charge in [0, 0.05) is 5.69 Å². The minimum atomic E-state index is -0.0938. The highest BCUT2D eigenvalue weighted by Crippen LogP contribution is 2.31. The van der Waals surface area contributed by atoms with E-state index in [9.17, 15) is 4.79 Å². The number of halogens is 1. The Morgan fingerprint density at radius 3 is 2.88 bits per heavy atom. The highest BCUT2D eigenvalue weighted by molar-refractivity contribution is 5.97. The second kappa shape index (κ2) is 8.06. The van der Waals surface area contributed by atoms with Gasteiger partial charge < -0.3 is 15.8 Å². The van der Waals surface area contributed by atoms with Crippen LogP contribution in [0.25, 0.3) is 0 Å². The summed E-state index contributed by atoms with van der Waals surface area (Å²) >= 11 is 0. The van der Waals surface area contributed by atoms with E-state index in [-0.39, 0.29) is 24.4 Å². The number of benzene rings is 2. The molecule has 0 saturated heterocycles. The first kappa shape index (κ1) is 18.1. The number of carbonyl (C=O) groups is 1. The minimum Gasteiger partial charge on any atom is -0.493 e. The molecule has 2 aromatic carbocycles. The van der Waals surface area contributed by atoms with Crippen LogP contribution in [0.15, 0.2) is 42.5 Å². The van der Waals surface area contributed by atoms with Gasteiger partial charge in [0.05, 0.1) is 18.2 Å². The zero-order chi connectivity index (χ0) is 16.2. The number of para-hydroxylation sites is 1. The standard InChI is InChI=1S/C19H22N2O2.ClH/c1-2-23-18-9-4-3-7-16(18)19(22)21-17-8-5-6-13-12-14(20)10-11-15(13)17;/h3-4,7,9-12,17H,2,5-6,8,20H2,1H3,(H,21,22);1H. The van der Waals surface area contributed by atoms with Gasteiger partial charge in [-0.05, 0) is 61.6 Å². The molecule has 1 unspecified atom stereocenters. The fourth-order valence-corrected chi connectivity index (χ4v) is 3.16. The molecule has 4 nitrogen and oxygen atoms in total. The lowest BCUT2D eigenvalue weighted by Crippen LogP contribution is -2.31. The number of ether oxygens (including phenoxy) is 1. The molecule has 0 spiro atoms. The van der Waals surface area contributed by atoms with Gasteiger partial charge in [-0.2, -0.15) is 0 Å². The Bertz CT molecular complexity index is 718. The quantitative estimate of drug-likeness (QED) is 0.825. The molecule has 5 heteroatoms. The van der Waals surface area contributed by atoms with Gasteiger partial charge in [0.1, 0.15) is 5.75 Å². The number of nitrogens with two attached hydrogens (primary N) is 1. The second-order valence-electron chi connectivity index (χ2n) is 5.81. The molecule has 3 rings (SSSR count). The van der Waals surface area contributed by atoms with E-state index in [2.05, 4.69) is 5.32 Å². The van der Waals surface area contributed by atoms with Gasteiger partial charge in [-0.1, -0.05) is 18.2 Å². The Morgan fingerprint density at radius 1 is 1.29 bits per heavy atom. The summed E-state index contributed by atoms with van der Waals surface area (Å²) in [5.74, 6) is 0.532. The molecule has 1 aliphatic carbocycles. The van der Waals surface area contributed by atoms with Gasteiger partial charge in [-0.3, -0.25) is 4.79 Å². The van der Waals surface area contributed by atoms with Crippen molar-refractivity contribution >= 4 is 24.0 Å². The Morgan fingerprint density at radius 2 is 2.08 bits per heavy atom. The molecule has 1 amide bonds. The monoisotopic (exact) mass is 346 g/mol. The number of nitrogen functional groups attached to an aromatic ring is 1. The number of hydrogen-bond acceptors (Lipinski definition) is 3. The van der Waals surface area contributed by atoms with E-state index < -0.39 is 0 Å². The van der Waals surface area contributed by atoms with E-state index in [1.54, 1.807) is 6.07 Å². The van der Waals surface area contributed by atoms with Crippen LogP contribution in [0.3, 0.4) is 0 Å². The average Bonchev–Trinajstić information content (AvgIpc) is 2.55. The van der Waals surface area contributed by atoms with Crippen molar-refractivity contribution in [3.8, 4) is 5.75 Å². The van der Waals surface area contributed by atoms with Crippen LogP contribution in [0.1, 0.15) is 47.3 Å². The summed E-state index contributed by atoms with van der Waals surface area (Å²) in [5, 5.41) is 3.15. The molecule has 0 radical (unpaired) electrons. The van der Waals surface area contributed by atoms with Crippen LogP contribution in [-0.2, 0) is 6.42 Å². The van der Waals surface area contributed by atoms with Gasteiger partial charge >= 0.3 is 0 Å². The average molecular weight is 347 g/mol. The molecule has 0 saturated carbocycles. The molecule has 0 bridgehead atoms. The largest absolute Gasteiger partial charge is 0.493 e. The summed E-state index contributed by atoms with van der Waals surface area (Å²) in [4.78, 5) is 12.7. The number of carbonyl (C=O) groups excluding carboxylic acids is 1. The Kier molecular flexibility index (Phi) is 6.10. The molecule has 0 heterocycles. The minimum absolute atomic E-state index is 0. The van der Waals surface area contributed by atoms with E-state index in [1.165, 1.54) is 11.1 Å². The molecule has 0 aliphatic heterocycles. The maximum absolute atomic E-state index is 12.7. The van der Waals surface area contributed by atoms with E-state index in [0.717, 1.165) is 24.9 Å². The van der Waals surface area contributed by atoms with E-state index in [0.29, 0.717) is 17.9 Å². The zero-order valence-corrected chi connectivity index (χ0v) is 14.6. The maximum atomic E-state index is 12.7. The molecular formula is C19H23ClN2O2. The fourth-order valence-electron chi connectivity index (χ4n) is 3.16. The molecule has 0 aromatic heterocycles. The number of fused-ring (bicyclic) bond motifs is 1. The van der Waals surface area contributed by atoms with Gasteiger partial charge in [0.2, 0.25) is 0 Å². The van der Waals surface area contributed by atoms with Crippen molar-refractivity contribution in [3.63, 3.8) is 0 Å². The number of nitrogens with one attached hydrogen (secondary N) is 1. The molecule has 3 N–H and O–H groups in total. The van der Waals surface area contributed by atoms with Crippen LogP contribution < -0.4 is 15.8 Å². The smallest absolute Gasteiger partial charge is 0.255 e.